The molecule has 2 heterocycles. The van der Waals surface area contributed by atoms with Crippen LogP contribution in [0.4, 0.5) is 11.4 Å². The SMILES string of the molecule is COC.COCc1cc(N(C)C(=O)CN2CCOCC2)ccc1N1CCOCC1. The van der Waals surface area contributed by atoms with E-state index in [9.17, 15) is 4.79 Å². The van der Waals surface area contributed by atoms with Gasteiger partial charge in [-0.2, -0.15) is 0 Å². The Morgan fingerprint density at radius 1 is 1.03 bits per heavy atom. The van der Waals surface area contributed by atoms with Gasteiger partial charge in [0.15, 0.2) is 0 Å². The van der Waals surface area contributed by atoms with E-state index in [-0.39, 0.29) is 5.91 Å². The molecule has 1 amide bonds. The maximum Gasteiger partial charge on any atom is 0.240 e. The van der Waals surface area contributed by atoms with Crippen molar-refractivity contribution in [1.29, 1.82) is 0 Å². The van der Waals surface area contributed by atoms with E-state index < -0.39 is 0 Å². The molecule has 1 aromatic carbocycles. The highest BCUT2D eigenvalue weighted by Gasteiger charge is 2.20. The van der Waals surface area contributed by atoms with E-state index in [1.165, 1.54) is 0 Å². The standard InChI is InChI=1S/C19H29N3O4.C2H6O/c1-20(19(23)14-21-5-9-25-10-6-21)17-3-4-18(16(13-17)15-24-2)22-7-11-26-12-8-22;1-3-2/h3-4,13H,5-12,14-15H2,1-2H3;1-2H3. The lowest BCUT2D eigenvalue weighted by Gasteiger charge is -2.31. The van der Waals surface area contributed by atoms with Crippen molar-refractivity contribution in [3.63, 3.8) is 0 Å². The summed E-state index contributed by atoms with van der Waals surface area (Å²) in [5, 5.41) is 0. The minimum Gasteiger partial charge on any atom is -0.388 e. The Balaban J connectivity index is 0.000000941. The highest BCUT2D eigenvalue weighted by molar-refractivity contribution is 5.94. The minimum absolute atomic E-state index is 0.0920. The number of morpholine rings is 2. The maximum atomic E-state index is 12.7. The largest absolute Gasteiger partial charge is 0.388 e. The van der Waals surface area contributed by atoms with Crippen molar-refractivity contribution < 1.29 is 23.7 Å². The van der Waals surface area contributed by atoms with Crippen LogP contribution < -0.4 is 9.80 Å². The zero-order chi connectivity index (χ0) is 21.1. The Hall–Kier alpha value is -1.71. The molecule has 8 heteroatoms. The lowest BCUT2D eigenvalue weighted by molar-refractivity contribution is -0.120. The van der Waals surface area contributed by atoms with Gasteiger partial charge in [-0.15, -0.1) is 0 Å². The predicted octanol–water partition coefficient (Wildman–Crippen LogP) is 1.23. The fourth-order valence-electron chi connectivity index (χ4n) is 3.37. The molecule has 0 radical (unpaired) electrons. The van der Waals surface area contributed by atoms with E-state index in [1.54, 1.807) is 26.2 Å². The second kappa shape index (κ2) is 12.8. The number of rotatable bonds is 6. The third-order valence-electron chi connectivity index (χ3n) is 4.94. The third kappa shape index (κ3) is 7.24. The Morgan fingerprint density at radius 2 is 1.62 bits per heavy atom. The number of hydrogen-bond donors (Lipinski definition) is 0. The summed E-state index contributed by atoms with van der Waals surface area (Å²) in [6.45, 7) is 7.19. The average Bonchev–Trinajstić information content (AvgIpc) is 2.75. The molecule has 0 aliphatic carbocycles. The van der Waals surface area contributed by atoms with E-state index in [2.05, 4.69) is 26.7 Å². The molecule has 0 unspecified atom stereocenters. The molecular formula is C21H35N3O5. The molecule has 2 aliphatic rings. The number of hydrogen-bond acceptors (Lipinski definition) is 7. The molecule has 2 aliphatic heterocycles. The van der Waals surface area contributed by atoms with Crippen LogP contribution in [0.15, 0.2) is 18.2 Å². The summed E-state index contributed by atoms with van der Waals surface area (Å²) in [5.41, 5.74) is 3.15. The van der Waals surface area contributed by atoms with Crippen LogP contribution in [0.1, 0.15) is 5.56 Å². The summed E-state index contributed by atoms with van der Waals surface area (Å²) < 4.78 is 20.4. The average molecular weight is 410 g/mol. The molecule has 29 heavy (non-hydrogen) atoms. The van der Waals surface area contributed by atoms with Crippen molar-refractivity contribution in [1.82, 2.24) is 4.90 Å². The van der Waals surface area contributed by atoms with Crippen molar-refractivity contribution in [3.05, 3.63) is 23.8 Å². The number of benzene rings is 1. The van der Waals surface area contributed by atoms with E-state index in [4.69, 9.17) is 14.2 Å². The number of carbonyl (C=O) groups is 1. The maximum absolute atomic E-state index is 12.7. The summed E-state index contributed by atoms with van der Waals surface area (Å²) in [6, 6.07) is 6.17. The van der Waals surface area contributed by atoms with Crippen LogP contribution in [-0.4, -0.2) is 98.3 Å². The Labute approximate surface area is 174 Å². The Morgan fingerprint density at radius 3 is 2.21 bits per heavy atom. The van der Waals surface area contributed by atoms with Gasteiger partial charge in [0.1, 0.15) is 0 Å². The van der Waals surface area contributed by atoms with Gasteiger partial charge in [-0.25, -0.2) is 0 Å². The summed E-state index contributed by atoms with van der Waals surface area (Å²) >= 11 is 0. The quantitative estimate of drug-likeness (QED) is 0.700. The first-order valence-corrected chi connectivity index (χ1v) is 10.0. The lowest BCUT2D eigenvalue weighted by atomic mass is 10.1. The van der Waals surface area contributed by atoms with Crippen molar-refractivity contribution in [2.75, 3.05) is 97.3 Å². The van der Waals surface area contributed by atoms with Gasteiger partial charge in [-0.3, -0.25) is 9.69 Å². The first-order valence-electron chi connectivity index (χ1n) is 10.0. The number of amides is 1. The number of nitrogens with zero attached hydrogens (tertiary/aromatic N) is 3. The van der Waals surface area contributed by atoms with Crippen LogP contribution >= 0.6 is 0 Å². The molecule has 0 bridgehead atoms. The number of anilines is 2. The van der Waals surface area contributed by atoms with Gasteiger partial charge >= 0.3 is 0 Å². The summed E-state index contributed by atoms with van der Waals surface area (Å²) in [5.74, 6) is 0.0920. The smallest absolute Gasteiger partial charge is 0.240 e. The summed E-state index contributed by atoms with van der Waals surface area (Å²) in [4.78, 5) is 18.8. The summed E-state index contributed by atoms with van der Waals surface area (Å²) in [6.07, 6.45) is 0. The summed E-state index contributed by atoms with van der Waals surface area (Å²) in [7, 11) is 6.78. The molecule has 0 aromatic heterocycles. The van der Waals surface area contributed by atoms with E-state index >= 15 is 0 Å². The number of likely N-dealkylation sites (N-methyl/N-ethyl adjacent to an activating group) is 1. The van der Waals surface area contributed by atoms with Crippen molar-refractivity contribution in [2.45, 2.75) is 6.61 Å². The molecule has 0 saturated carbocycles. The van der Waals surface area contributed by atoms with Crippen LogP contribution in [0, 0.1) is 0 Å². The molecule has 2 fully saturated rings. The third-order valence-corrected chi connectivity index (χ3v) is 4.94. The molecule has 0 N–H and O–H groups in total. The van der Waals surface area contributed by atoms with E-state index in [1.807, 2.05) is 13.1 Å². The van der Waals surface area contributed by atoms with Crippen LogP contribution in [0.3, 0.4) is 0 Å². The molecule has 3 rings (SSSR count). The first-order chi connectivity index (χ1) is 14.1. The van der Waals surface area contributed by atoms with Gasteiger partial charge in [-0.1, -0.05) is 0 Å². The highest BCUT2D eigenvalue weighted by atomic mass is 16.5. The lowest BCUT2D eigenvalue weighted by Crippen LogP contribution is -2.43. The second-order valence-electron chi connectivity index (χ2n) is 7.09. The minimum atomic E-state index is 0.0920. The molecule has 0 spiro atoms. The molecule has 0 atom stereocenters. The zero-order valence-corrected chi connectivity index (χ0v) is 18.2. The number of carbonyl (C=O) groups excluding carboxylic acids is 1. The van der Waals surface area contributed by atoms with Crippen LogP contribution in [0.2, 0.25) is 0 Å². The molecule has 164 valence electrons. The fraction of sp³-hybridized carbons (Fsp3) is 0.667. The zero-order valence-electron chi connectivity index (χ0n) is 18.2. The van der Waals surface area contributed by atoms with Crippen LogP contribution in [0.5, 0.6) is 0 Å². The van der Waals surface area contributed by atoms with Gasteiger partial charge in [0.05, 0.1) is 39.6 Å². The van der Waals surface area contributed by atoms with E-state index in [0.29, 0.717) is 26.4 Å². The number of methoxy groups -OCH3 is 2. The Kier molecular flexibility index (Phi) is 10.4. The van der Waals surface area contributed by atoms with Gasteiger partial charge in [0.2, 0.25) is 5.91 Å². The number of ether oxygens (including phenoxy) is 4. The van der Waals surface area contributed by atoms with Crippen molar-refractivity contribution >= 4 is 17.3 Å². The molecular weight excluding hydrogens is 374 g/mol. The first kappa shape index (κ1) is 23.6. The monoisotopic (exact) mass is 409 g/mol. The van der Waals surface area contributed by atoms with Gasteiger partial charge < -0.3 is 28.7 Å². The van der Waals surface area contributed by atoms with E-state index in [0.717, 1.165) is 56.3 Å². The van der Waals surface area contributed by atoms with Gasteiger partial charge in [0, 0.05) is 71.5 Å². The molecule has 1 aromatic rings. The Bertz CT molecular complexity index is 616. The normalized spacial score (nSPS) is 17.4. The van der Waals surface area contributed by atoms with Crippen molar-refractivity contribution in [2.24, 2.45) is 0 Å². The topological polar surface area (TPSA) is 63.7 Å². The van der Waals surface area contributed by atoms with Crippen molar-refractivity contribution in [3.8, 4) is 0 Å². The van der Waals surface area contributed by atoms with Crippen LogP contribution in [-0.2, 0) is 30.3 Å². The van der Waals surface area contributed by atoms with Gasteiger partial charge in [0.25, 0.3) is 0 Å². The highest BCUT2D eigenvalue weighted by Crippen LogP contribution is 2.27. The molecule has 2 saturated heterocycles. The second-order valence-corrected chi connectivity index (χ2v) is 7.09. The fourth-order valence-corrected chi connectivity index (χ4v) is 3.37. The molecule has 8 nitrogen and oxygen atoms in total. The van der Waals surface area contributed by atoms with Crippen LogP contribution in [0.25, 0.3) is 0 Å². The predicted molar refractivity (Wildman–Crippen MR) is 114 cm³/mol. The van der Waals surface area contributed by atoms with Gasteiger partial charge in [-0.05, 0) is 18.2 Å².